The third-order valence-electron chi connectivity index (χ3n) is 4.86. The van der Waals surface area contributed by atoms with E-state index in [0.717, 1.165) is 35.8 Å². The van der Waals surface area contributed by atoms with Crippen molar-refractivity contribution in [2.45, 2.75) is 25.4 Å². The summed E-state index contributed by atoms with van der Waals surface area (Å²) >= 11 is 1.10. The fraction of sp³-hybridized carbons (Fsp3) is 0.333. The quantitative estimate of drug-likeness (QED) is 0.598. The van der Waals surface area contributed by atoms with Gasteiger partial charge in [0.1, 0.15) is 17.1 Å². The third kappa shape index (κ3) is 4.38. The summed E-state index contributed by atoms with van der Waals surface area (Å²) in [6.07, 6.45) is 1.84. The standard InChI is InChI=1S/C21H20F2N2O3S/c1-27-15-6-4-13(5-7-15)9-19(26)25(12-16-3-2-8-28-16)21-24-20-17(23)10-14(22)11-18(20)29-21/h4-7,10-11,16H,2-3,8-9,12H2,1H3/t16-/m1/s1. The van der Waals surface area contributed by atoms with Crippen LogP contribution in [0, 0.1) is 11.6 Å². The van der Waals surface area contributed by atoms with Gasteiger partial charge in [-0.1, -0.05) is 23.5 Å². The van der Waals surface area contributed by atoms with E-state index in [2.05, 4.69) is 4.98 Å². The summed E-state index contributed by atoms with van der Waals surface area (Å²) in [5.74, 6) is -0.866. The second kappa shape index (κ2) is 8.42. The summed E-state index contributed by atoms with van der Waals surface area (Å²) in [4.78, 5) is 18.9. The molecule has 5 nitrogen and oxygen atoms in total. The van der Waals surface area contributed by atoms with Gasteiger partial charge in [-0.25, -0.2) is 13.8 Å². The molecule has 1 aliphatic rings. The van der Waals surface area contributed by atoms with Crippen LogP contribution in [-0.2, 0) is 16.0 Å². The zero-order chi connectivity index (χ0) is 20.4. The molecule has 152 valence electrons. The Balaban J connectivity index is 1.63. The minimum atomic E-state index is -0.734. The van der Waals surface area contributed by atoms with Crippen molar-refractivity contribution in [2.24, 2.45) is 0 Å². The van der Waals surface area contributed by atoms with Crippen molar-refractivity contribution in [1.29, 1.82) is 0 Å². The highest BCUT2D eigenvalue weighted by Gasteiger charge is 2.27. The van der Waals surface area contributed by atoms with Gasteiger partial charge in [0.15, 0.2) is 10.9 Å². The number of aromatic nitrogens is 1. The van der Waals surface area contributed by atoms with Gasteiger partial charge in [0.05, 0.1) is 30.9 Å². The lowest BCUT2D eigenvalue weighted by atomic mass is 10.1. The normalized spacial score (nSPS) is 16.3. The Morgan fingerprint density at radius 2 is 2.10 bits per heavy atom. The van der Waals surface area contributed by atoms with E-state index in [1.165, 1.54) is 11.0 Å². The summed E-state index contributed by atoms with van der Waals surface area (Å²) in [6.45, 7) is 0.990. The minimum absolute atomic E-state index is 0.0704. The average molecular weight is 418 g/mol. The molecule has 0 unspecified atom stereocenters. The molecule has 3 aromatic rings. The second-order valence-corrected chi connectivity index (χ2v) is 7.90. The number of thiazole rings is 1. The molecule has 0 bridgehead atoms. The van der Waals surface area contributed by atoms with Crippen LogP contribution in [0.4, 0.5) is 13.9 Å². The summed E-state index contributed by atoms with van der Waals surface area (Å²) in [6, 6.07) is 9.28. The highest BCUT2D eigenvalue weighted by Crippen LogP contribution is 2.32. The highest BCUT2D eigenvalue weighted by atomic mass is 32.1. The molecule has 1 amide bonds. The lowest BCUT2D eigenvalue weighted by Gasteiger charge is -2.23. The van der Waals surface area contributed by atoms with Gasteiger partial charge in [-0.05, 0) is 36.6 Å². The van der Waals surface area contributed by atoms with Gasteiger partial charge >= 0.3 is 0 Å². The van der Waals surface area contributed by atoms with Crippen LogP contribution < -0.4 is 9.64 Å². The lowest BCUT2D eigenvalue weighted by molar-refractivity contribution is -0.118. The number of benzene rings is 2. The minimum Gasteiger partial charge on any atom is -0.497 e. The largest absolute Gasteiger partial charge is 0.497 e. The van der Waals surface area contributed by atoms with Crippen molar-refractivity contribution >= 4 is 32.6 Å². The monoisotopic (exact) mass is 418 g/mol. The number of hydrogen-bond acceptors (Lipinski definition) is 5. The maximum absolute atomic E-state index is 14.1. The van der Waals surface area contributed by atoms with E-state index in [-0.39, 0.29) is 23.9 Å². The Bertz CT molecular complexity index is 1020. The molecule has 0 saturated carbocycles. The fourth-order valence-corrected chi connectivity index (χ4v) is 4.38. The van der Waals surface area contributed by atoms with Crippen molar-refractivity contribution < 1.29 is 23.0 Å². The molecule has 2 aromatic carbocycles. The summed E-state index contributed by atoms with van der Waals surface area (Å²) < 4.78 is 38.9. The van der Waals surface area contributed by atoms with Gasteiger partial charge in [-0.2, -0.15) is 0 Å². The van der Waals surface area contributed by atoms with E-state index in [0.29, 0.717) is 28.7 Å². The number of ether oxygens (including phenoxy) is 2. The predicted molar refractivity (Wildman–Crippen MR) is 108 cm³/mol. The van der Waals surface area contributed by atoms with Crippen LogP contribution >= 0.6 is 11.3 Å². The molecule has 29 heavy (non-hydrogen) atoms. The number of carbonyl (C=O) groups excluding carboxylic acids is 1. The van der Waals surface area contributed by atoms with Gasteiger partial charge < -0.3 is 9.47 Å². The van der Waals surface area contributed by atoms with Crippen LogP contribution in [0.2, 0.25) is 0 Å². The molecule has 1 aromatic heterocycles. The number of amides is 1. The molecule has 1 atom stereocenters. The van der Waals surface area contributed by atoms with Crippen LogP contribution in [-0.4, -0.2) is 37.3 Å². The second-order valence-electron chi connectivity index (χ2n) is 6.90. The Kier molecular flexibility index (Phi) is 5.73. The molecular formula is C21H20F2N2O3S. The third-order valence-corrected chi connectivity index (χ3v) is 5.88. The van der Waals surface area contributed by atoms with Gasteiger partial charge in [0, 0.05) is 12.7 Å². The Hall–Kier alpha value is -2.58. The van der Waals surface area contributed by atoms with Gasteiger partial charge in [0.25, 0.3) is 0 Å². The number of carbonyl (C=O) groups is 1. The first-order valence-electron chi connectivity index (χ1n) is 9.34. The molecule has 0 N–H and O–H groups in total. The first kappa shape index (κ1) is 19.7. The lowest BCUT2D eigenvalue weighted by Crippen LogP contribution is -2.38. The number of rotatable bonds is 6. The summed E-state index contributed by atoms with van der Waals surface area (Å²) in [7, 11) is 1.58. The van der Waals surface area contributed by atoms with Crippen molar-refractivity contribution in [3.8, 4) is 5.75 Å². The molecule has 4 rings (SSSR count). The highest BCUT2D eigenvalue weighted by molar-refractivity contribution is 7.22. The molecule has 0 aliphatic carbocycles. The van der Waals surface area contributed by atoms with Crippen molar-refractivity contribution in [3.63, 3.8) is 0 Å². The van der Waals surface area contributed by atoms with Gasteiger partial charge in [-0.3, -0.25) is 9.69 Å². The molecule has 0 radical (unpaired) electrons. The molecular weight excluding hydrogens is 398 g/mol. The van der Waals surface area contributed by atoms with E-state index in [1.54, 1.807) is 19.2 Å². The first-order chi connectivity index (χ1) is 14.0. The number of hydrogen-bond donors (Lipinski definition) is 0. The van der Waals surface area contributed by atoms with Crippen LogP contribution in [0.15, 0.2) is 36.4 Å². The average Bonchev–Trinajstić information content (AvgIpc) is 3.36. The number of methoxy groups -OCH3 is 1. The van der Waals surface area contributed by atoms with Crippen molar-refractivity contribution in [2.75, 3.05) is 25.2 Å². The number of anilines is 1. The molecule has 1 aliphatic heterocycles. The zero-order valence-electron chi connectivity index (χ0n) is 15.9. The van der Waals surface area contributed by atoms with Crippen molar-refractivity contribution in [3.05, 3.63) is 53.6 Å². The predicted octanol–water partition coefficient (Wildman–Crippen LogP) is 4.34. The van der Waals surface area contributed by atoms with E-state index in [9.17, 15) is 13.6 Å². The van der Waals surface area contributed by atoms with E-state index in [1.807, 2.05) is 12.1 Å². The van der Waals surface area contributed by atoms with E-state index >= 15 is 0 Å². The first-order valence-corrected chi connectivity index (χ1v) is 10.2. The SMILES string of the molecule is COc1ccc(CC(=O)N(C[C@H]2CCCO2)c2nc3c(F)cc(F)cc3s2)cc1. The number of halogens is 2. The maximum Gasteiger partial charge on any atom is 0.233 e. The Labute approximate surface area is 170 Å². The smallest absolute Gasteiger partial charge is 0.233 e. The number of nitrogens with zero attached hydrogens (tertiary/aromatic N) is 2. The fourth-order valence-electron chi connectivity index (χ4n) is 3.35. The molecule has 0 spiro atoms. The zero-order valence-corrected chi connectivity index (χ0v) is 16.7. The van der Waals surface area contributed by atoms with Gasteiger partial charge in [-0.15, -0.1) is 0 Å². The van der Waals surface area contributed by atoms with Crippen LogP contribution in [0.3, 0.4) is 0 Å². The van der Waals surface area contributed by atoms with Crippen LogP contribution in [0.25, 0.3) is 10.2 Å². The molecule has 1 saturated heterocycles. The van der Waals surface area contributed by atoms with Crippen LogP contribution in [0.1, 0.15) is 18.4 Å². The number of fused-ring (bicyclic) bond motifs is 1. The van der Waals surface area contributed by atoms with Gasteiger partial charge in [0.2, 0.25) is 5.91 Å². The van der Waals surface area contributed by atoms with Crippen molar-refractivity contribution in [1.82, 2.24) is 4.98 Å². The van der Waals surface area contributed by atoms with E-state index < -0.39 is 11.6 Å². The topological polar surface area (TPSA) is 51.7 Å². The Morgan fingerprint density at radius 3 is 2.79 bits per heavy atom. The van der Waals surface area contributed by atoms with Crippen LogP contribution in [0.5, 0.6) is 5.75 Å². The van der Waals surface area contributed by atoms with E-state index in [4.69, 9.17) is 9.47 Å². The summed E-state index contributed by atoms with van der Waals surface area (Å²) in [5.41, 5.74) is 0.896. The molecule has 1 fully saturated rings. The summed E-state index contributed by atoms with van der Waals surface area (Å²) in [5, 5.41) is 0.346. The molecule has 2 heterocycles. The molecule has 8 heteroatoms. The Morgan fingerprint density at radius 1 is 1.31 bits per heavy atom. The maximum atomic E-state index is 14.1.